The molecule has 0 saturated heterocycles. The van der Waals surface area contributed by atoms with Crippen molar-refractivity contribution in [2.45, 2.75) is 19.9 Å². The van der Waals surface area contributed by atoms with Crippen LogP contribution in [0.2, 0.25) is 0 Å². The second-order valence-corrected chi connectivity index (χ2v) is 5.13. The Kier molecular flexibility index (Phi) is 3.18. The summed E-state index contributed by atoms with van der Waals surface area (Å²) >= 11 is 0. The molecular formula is C15H15N5O. The minimum atomic E-state index is 0.0174. The molecule has 0 atom stereocenters. The third kappa shape index (κ3) is 2.27. The Hall–Kier alpha value is -2.68. The number of aromatic nitrogens is 3. The molecule has 106 valence electrons. The summed E-state index contributed by atoms with van der Waals surface area (Å²) in [5.41, 5.74) is 2.97. The molecule has 0 spiro atoms. The second kappa shape index (κ2) is 5.02. The molecule has 6 heteroatoms. The van der Waals surface area contributed by atoms with E-state index in [1.165, 1.54) is 0 Å². The molecule has 21 heavy (non-hydrogen) atoms. The van der Waals surface area contributed by atoms with Crippen LogP contribution >= 0.6 is 0 Å². The van der Waals surface area contributed by atoms with Gasteiger partial charge in [0.05, 0.1) is 29.7 Å². The van der Waals surface area contributed by atoms with Gasteiger partial charge in [0, 0.05) is 20.0 Å². The normalized spacial score (nSPS) is 13.7. The smallest absolute Gasteiger partial charge is 0.258 e. The maximum Gasteiger partial charge on any atom is 0.258 e. The highest BCUT2D eigenvalue weighted by Crippen LogP contribution is 2.21. The summed E-state index contributed by atoms with van der Waals surface area (Å²) in [6.45, 7) is 3.17. The SMILES string of the molecule is Cc1nc2c(c(=O)n1C)CN(c1ccc(C#N)nc1)CC2. The van der Waals surface area contributed by atoms with Crippen LogP contribution in [-0.4, -0.2) is 21.1 Å². The van der Waals surface area contributed by atoms with Crippen molar-refractivity contribution in [1.29, 1.82) is 5.26 Å². The standard InChI is InChI=1S/C15H15N5O/c1-10-18-14-5-6-20(9-13(14)15(21)19(10)2)12-4-3-11(7-16)17-8-12/h3-4,8H,5-6,9H2,1-2H3. The number of hydrogen-bond donors (Lipinski definition) is 0. The van der Waals surface area contributed by atoms with Gasteiger partial charge in [-0.3, -0.25) is 9.36 Å². The predicted molar refractivity (Wildman–Crippen MR) is 77.9 cm³/mol. The van der Waals surface area contributed by atoms with Crippen molar-refractivity contribution >= 4 is 5.69 Å². The summed E-state index contributed by atoms with van der Waals surface area (Å²) in [4.78, 5) is 23.0. The molecule has 0 aliphatic carbocycles. The average Bonchev–Trinajstić information content (AvgIpc) is 2.53. The number of anilines is 1. The first-order valence-electron chi connectivity index (χ1n) is 6.76. The Morgan fingerprint density at radius 1 is 1.38 bits per heavy atom. The van der Waals surface area contributed by atoms with Gasteiger partial charge in [0.2, 0.25) is 0 Å². The fourth-order valence-corrected chi connectivity index (χ4v) is 2.55. The molecule has 0 amide bonds. The van der Waals surface area contributed by atoms with Crippen molar-refractivity contribution < 1.29 is 0 Å². The van der Waals surface area contributed by atoms with Crippen molar-refractivity contribution in [1.82, 2.24) is 14.5 Å². The molecule has 0 N–H and O–H groups in total. The first kappa shape index (κ1) is 13.3. The lowest BCUT2D eigenvalue weighted by Gasteiger charge is -2.29. The van der Waals surface area contributed by atoms with Gasteiger partial charge in [-0.15, -0.1) is 0 Å². The Morgan fingerprint density at radius 3 is 2.86 bits per heavy atom. The van der Waals surface area contributed by atoms with Crippen LogP contribution in [0.1, 0.15) is 22.8 Å². The molecule has 2 aromatic rings. The lowest BCUT2D eigenvalue weighted by Crippen LogP contribution is -2.38. The summed E-state index contributed by atoms with van der Waals surface area (Å²) in [6, 6.07) is 5.56. The fourth-order valence-electron chi connectivity index (χ4n) is 2.55. The molecule has 6 nitrogen and oxygen atoms in total. The Labute approximate surface area is 122 Å². The monoisotopic (exact) mass is 281 g/mol. The van der Waals surface area contributed by atoms with E-state index in [1.54, 1.807) is 23.9 Å². The lowest BCUT2D eigenvalue weighted by molar-refractivity contribution is 0.654. The van der Waals surface area contributed by atoms with Crippen molar-refractivity contribution in [2.75, 3.05) is 11.4 Å². The number of rotatable bonds is 1. The van der Waals surface area contributed by atoms with Gasteiger partial charge in [0.1, 0.15) is 17.6 Å². The van der Waals surface area contributed by atoms with Crippen molar-refractivity contribution in [3.05, 3.63) is 51.5 Å². The summed E-state index contributed by atoms with van der Waals surface area (Å²) in [5.74, 6) is 0.743. The first-order chi connectivity index (χ1) is 10.1. The molecule has 3 rings (SSSR count). The maximum absolute atomic E-state index is 12.3. The molecule has 0 aromatic carbocycles. The molecule has 0 saturated carbocycles. The Balaban J connectivity index is 1.95. The largest absolute Gasteiger partial charge is 0.365 e. The van der Waals surface area contributed by atoms with Crippen molar-refractivity contribution in [3.8, 4) is 6.07 Å². The maximum atomic E-state index is 12.3. The minimum Gasteiger partial charge on any atom is -0.365 e. The topological polar surface area (TPSA) is 74.8 Å². The summed E-state index contributed by atoms with van der Waals surface area (Å²) in [5, 5.41) is 8.78. The molecule has 2 aromatic heterocycles. The van der Waals surface area contributed by atoms with Gasteiger partial charge in [-0.25, -0.2) is 9.97 Å². The quantitative estimate of drug-likeness (QED) is 0.777. The predicted octanol–water partition coefficient (Wildman–Crippen LogP) is 0.918. The van der Waals surface area contributed by atoms with E-state index in [0.717, 1.165) is 35.7 Å². The fraction of sp³-hybridized carbons (Fsp3) is 0.333. The van der Waals surface area contributed by atoms with Gasteiger partial charge in [-0.1, -0.05) is 0 Å². The van der Waals surface area contributed by atoms with E-state index in [1.807, 2.05) is 19.1 Å². The molecule has 0 fully saturated rings. The van der Waals surface area contributed by atoms with Gasteiger partial charge >= 0.3 is 0 Å². The van der Waals surface area contributed by atoms with E-state index in [2.05, 4.69) is 14.9 Å². The third-order valence-electron chi connectivity index (χ3n) is 3.89. The summed E-state index contributed by atoms with van der Waals surface area (Å²) in [7, 11) is 1.74. The van der Waals surface area contributed by atoms with Crippen LogP contribution in [0.25, 0.3) is 0 Å². The first-order valence-corrected chi connectivity index (χ1v) is 6.76. The van der Waals surface area contributed by atoms with Crippen LogP contribution in [0, 0.1) is 18.3 Å². The number of aryl methyl sites for hydroxylation is 1. The zero-order valence-electron chi connectivity index (χ0n) is 12.0. The zero-order chi connectivity index (χ0) is 15.0. The molecular weight excluding hydrogens is 266 g/mol. The number of fused-ring (bicyclic) bond motifs is 1. The highest BCUT2D eigenvalue weighted by molar-refractivity contribution is 5.48. The Bertz CT molecular complexity index is 785. The van der Waals surface area contributed by atoms with E-state index in [-0.39, 0.29) is 5.56 Å². The average molecular weight is 281 g/mol. The van der Waals surface area contributed by atoms with Gasteiger partial charge in [0.15, 0.2) is 0 Å². The molecule has 3 heterocycles. The van der Waals surface area contributed by atoms with E-state index in [0.29, 0.717) is 12.2 Å². The van der Waals surface area contributed by atoms with E-state index < -0.39 is 0 Å². The molecule has 0 unspecified atom stereocenters. The van der Waals surface area contributed by atoms with Crippen LogP contribution in [0.4, 0.5) is 5.69 Å². The highest BCUT2D eigenvalue weighted by Gasteiger charge is 2.22. The van der Waals surface area contributed by atoms with Gasteiger partial charge in [0.25, 0.3) is 5.56 Å². The summed E-state index contributed by atoms with van der Waals surface area (Å²) < 4.78 is 1.58. The van der Waals surface area contributed by atoms with Crippen LogP contribution in [0.15, 0.2) is 23.1 Å². The van der Waals surface area contributed by atoms with Gasteiger partial charge < -0.3 is 4.90 Å². The second-order valence-electron chi connectivity index (χ2n) is 5.13. The number of nitrogens with zero attached hydrogens (tertiary/aromatic N) is 5. The molecule has 1 aliphatic heterocycles. The van der Waals surface area contributed by atoms with Gasteiger partial charge in [-0.05, 0) is 19.1 Å². The zero-order valence-corrected chi connectivity index (χ0v) is 12.0. The highest BCUT2D eigenvalue weighted by atomic mass is 16.1. The third-order valence-corrected chi connectivity index (χ3v) is 3.89. The van der Waals surface area contributed by atoms with Crippen molar-refractivity contribution in [3.63, 3.8) is 0 Å². The number of nitriles is 1. The Morgan fingerprint density at radius 2 is 2.19 bits per heavy atom. The lowest BCUT2D eigenvalue weighted by atomic mass is 10.1. The minimum absolute atomic E-state index is 0.0174. The summed E-state index contributed by atoms with van der Waals surface area (Å²) in [6.07, 6.45) is 2.42. The number of pyridine rings is 1. The van der Waals surface area contributed by atoms with E-state index >= 15 is 0 Å². The molecule has 0 bridgehead atoms. The van der Waals surface area contributed by atoms with Crippen LogP contribution in [-0.2, 0) is 20.0 Å². The van der Waals surface area contributed by atoms with Crippen LogP contribution in [0.5, 0.6) is 0 Å². The van der Waals surface area contributed by atoms with Crippen molar-refractivity contribution in [2.24, 2.45) is 7.05 Å². The van der Waals surface area contributed by atoms with E-state index in [4.69, 9.17) is 5.26 Å². The van der Waals surface area contributed by atoms with Crippen LogP contribution in [0.3, 0.4) is 0 Å². The van der Waals surface area contributed by atoms with Gasteiger partial charge in [-0.2, -0.15) is 5.26 Å². The molecule has 1 aliphatic rings. The molecule has 0 radical (unpaired) electrons. The number of hydrogen-bond acceptors (Lipinski definition) is 5. The van der Waals surface area contributed by atoms with Crippen LogP contribution < -0.4 is 10.5 Å². The van der Waals surface area contributed by atoms with E-state index in [9.17, 15) is 4.79 Å².